The van der Waals surface area contributed by atoms with Crippen molar-refractivity contribution in [3.8, 4) is 0 Å². The van der Waals surface area contributed by atoms with Crippen molar-refractivity contribution in [3.63, 3.8) is 0 Å². The second kappa shape index (κ2) is 8.60. The van der Waals surface area contributed by atoms with E-state index in [0.29, 0.717) is 32.0 Å². The van der Waals surface area contributed by atoms with Crippen LogP contribution < -0.4 is 4.72 Å². The molecule has 0 radical (unpaired) electrons. The van der Waals surface area contributed by atoms with E-state index >= 15 is 0 Å². The number of hydrogen-bond donors (Lipinski definition) is 1. The molecule has 0 saturated carbocycles. The van der Waals surface area contributed by atoms with Gasteiger partial charge >= 0.3 is 0 Å². The van der Waals surface area contributed by atoms with Gasteiger partial charge in [-0.15, -0.1) is 0 Å². The Morgan fingerprint density at radius 1 is 1.29 bits per heavy atom. The Morgan fingerprint density at radius 3 is 2.47 bits per heavy atom. The van der Waals surface area contributed by atoms with Gasteiger partial charge in [0.1, 0.15) is 5.78 Å². The third-order valence-electron chi connectivity index (χ3n) is 2.13. The van der Waals surface area contributed by atoms with E-state index in [1.165, 1.54) is 6.92 Å². The molecule has 0 bridgehead atoms. The molecule has 17 heavy (non-hydrogen) atoms. The fraction of sp³-hybridized carbons (Fsp3) is 0.909. The molecule has 0 unspecified atom stereocenters. The van der Waals surface area contributed by atoms with Crippen LogP contribution in [0.1, 0.15) is 33.6 Å². The van der Waals surface area contributed by atoms with Crippen molar-refractivity contribution in [2.45, 2.75) is 33.6 Å². The van der Waals surface area contributed by atoms with Crippen LogP contribution in [0.25, 0.3) is 0 Å². The smallest absolute Gasteiger partial charge is 0.211 e. The topological polar surface area (TPSA) is 72.5 Å². The maximum Gasteiger partial charge on any atom is 0.211 e. The first-order valence-corrected chi connectivity index (χ1v) is 7.53. The largest absolute Gasteiger partial charge is 0.380 e. The molecule has 0 amide bonds. The molecule has 0 spiro atoms. The molecule has 0 aromatic carbocycles. The Morgan fingerprint density at radius 2 is 1.94 bits per heavy atom. The number of hydrogen-bond acceptors (Lipinski definition) is 4. The van der Waals surface area contributed by atoms with E-state index in [4.69, 9.17) is 4.74 Å². The fourth-order valence-corrected chi connectivity index (χ4v) is 2.37. The van der Waals surface area contributed by atoms with Crippen LogP contribution in [-0.4, -0.2) is 39.7 Å². The lowest BCUT2D eigenvalue weighted by molar-refractivity contribution is -0.118. The summed E-state index contributed by atoms with van der Waals surface area (Å²) in [7, 11) is -3.18. The summed E-state index contributed by atoms with van der Waals surface area (Å²) in [6.07, 6.45) is 1.03. The molecule has 0 rings (SSSR count). The molecular formula is C11H23NO4S. The van der Waals surface area contributed by atoms with Crippen molar-refractivity contribution in [3.05, 3.63) is 0 Å². The molecule has 5 nitrogen and oxygen atoms in total. The lowest BCUT2D eigenvalue weighted by Gasteiger charge is -2.08. The van der Waals surface area contributed by atoms with E-state index in [2.05, 4.69) is 4.72 Å². The van der Waals surface area contributed by atoms with Gasteiger partial charge < -0.3 is 4.74 Å². The zero-order valence-electron chi connectivity index (χ0n) is 10.9. The summed E-state index contributed by atoms with van der Waals surface area (Å²) in [5.74, 6) is 0.596. The summed E-state index contributed by atoms with van der Waals surface area (Å²) < 4.78 is 30.5. The SMILES string of the molecule is CC(=O)CCOCCNS(=O)(=O)CCC(C)C. The summed E-state index contributed by atoms with van der Waals surface area (Å²) in [4.78, 5) is 10.6. The minimum absolute atomic E-state index is 0.0718. The Hall–Kier alpha value is -0.460. The molecule has 0 fully saturated rings. The van der Waals surface area contributed by atoms with Gasteiger partial charge in [0.25, 0.3) is 0 Å². The number of ketones is 1. The molecule has 0 aliphatic carbocycles. The zero-order chi connectivity index (χ0) is 13.3. The average Bonchev–Trinajstić information content (AvgIpc) is 2.20. The molecule has 0 heterocycles. The Balaban J connectivity index is 3.56. The van der Waals surface area contributed by atoms with Crippen LogP contribution in [0.3, 0.4) is 0 Å². The number of rotatable bonds is 10. The second-order valence-electron chi connectivity index (χ2n) is 4.46. The van der Waals surface area contributed by atoms with Gasteiger partial charge in [-0.05, 0) is 19.3 Å². The summed E-state index contributed by atoms with van der Waals surface area (Å²) >= 11 is 0. The molecule has 6 heteroatoms. The molecule has 0 aliphatic heterocycles. The Labute approximate surface area is 104 Å². The molecule has 0 aromatic heterocycles. The first kappa shape index (κ1) is 16.5. The highest BCUT2D eigenvalue weighted by Gasteiger charge is 2.10. The molecule has 1 N–H and O–H groups in total. The first-order chi connectivity index (χ1) is 7.83. The molecular weight excluding hydrogens is 242 g/mol. The minimum Gasteiger partial charge on any atom is -0.380 e. The van der Waals surface area contributed by atoms with Gasteiger partial charge in [-0.25, -0.2) is 13.1 Å². The average molecular weight is 265 g/mol. The van der Waals surface area contributed by atoms with E-state index < -0.39 is 10.0 Å². The van der Waals surface area contributed by atoms with E-state index in [1.54, 1.807) is 0 Å². The minimum atomic E-state index is -3.18. The van der Waals surface area contributed by atoms with E-state index in [1.807, 2.05) is 13.8 Å². The summed E-state index contributed by atoms with van der Waals surface area (Å²) in [5, 5.41) is 0. The van der Waals surface area contributed by atoms with Crippen LogP contribution in [0.2, 0.25) is 0 Å². The van der Waals surface area contributed by atoms with Gasteiger partial charge in [0.2, 0.25) is 10.0 Å². The highest BCUT2D eigenvalue weighted by Crippen LogP contribution is 2.01. The highest BCUT2D eigenvalue weighted by molar-refractivity contribution is 7.89. The van der Waals surface area contributed by atoms with Crippen molar-refractivity contribution >= 4 is 15.8 Å². The number of ether oxygens (including phenoxy) is 1. The van der Waals surface area contributed by atoms with Crippen LogP contribution >= 0.6 is 0 Å². The Kier molecular flexibility index (Phi) is 8.37. The van der Waals surface area contributed by atoms with Crippen LogP contribution in [0.5, 0.6) is 0 Å². The summed E-state index contributed by atoms with van der Waals surface area (Å²) in [6.45, 7) is 6.38. The summed E-state index contributed by atoms with van der Waals surface area (Å²) in [5.41, 5.74) is 0. The summed E-state index contributed by atoms with van der Waals surface area (Å²) in [6, 6.07) is 0. The molecule has 0 aromatic rings. The van der Waals surface area contributed by atoms with E-state index in [-0.39, 0.29) is 18.1 Å². The monoisotopic (exact) mass is 265 g/mol. The second-order valence-corrected chi connectivity index (χ2v) is 6.39. The van der Waals surface area contributed by atoms with Crippen molar-refractivity contribution in [1.82, 2.24) is 4.72 Å². The van der Waals surface area contributed by atoms with Crippen molar-refractivity contribution < 1.29 is 17.9 Å². The van der Waals surface area contributed by atoms with E-state index in [0.717, 1.165) is 0 Å². The van der Waals surface area contributed by atoms with Gasteiger partial charge in [0.05, 0.1) is 19.0 Å². The highest BCUT2D eigenvalue weighted by atomic mass is 32.2. The van der Waals surface area contributed by atoms with Gasteiger partial charge in [0, 0.05) is 13.0 Å². The number of carbonyl (C=O) groups excluding carboxylic acids is 1. The van der Waals surface area contributed by atoms with Gasteiger partial charge in [-0.3, -0.25) is 4.79 Å². The normalized spacial score (nSPS) is 12.0. The number of nitrogens with one attached hydrogen (secondary N) is 1. The quantitative estimate of drug-likeness (QED) is 0.597. The maximum atomic E-state index is 11.5. The molecule has 0 saturated heterocycles. The molecule has 102 valence electrons. The van der Waals surface area contributed by atoms with Crippen molar-refractivity contribution in [2.24, 2.45) is 5.92 Å². The number of carbonyl (C=O) groups is 1. The number of sulfonamides is 1. The van der Waals surface area contributed by atoms with Gasteiger partial charge in [-0.1, -0.05) is 13.8 Å². The van der Waals surface area contributed by atoms with Crippen molar-refractivity contribution in [1.29, 1.82) is 0 Å². The lowest BCUT2D eigenvalue weighted by Crippen LogP contribution is -2.30. The predicted octanol–water partition coefficient (Wildman–Crippen LogP) is 0.948. The van der Waals surface area contributed by atoms with Crippen LogP contribution in [0, 0.1) is 5.92 Å². The van der Waals surface area contributed by atoms with Crippen LogP contribution in [0.4, 0.5) is 0 Å². The standard InChI is InChI=1S/C11H23NO4S/c1-10(2)5-9-17(14,15)12-6-8-16-7-4-11(3)13/h10,12H,4-9H2,1-3H3. The number of Topliss-reactive ketones (excluding diaryl/α,β-unsaturated/α-hetero) is 1. The zero-order valence-corrected chi connectivity index (χ0v) is 11.7. The van der Waals surface area contributed by atoms with Crippen LogP contribution in [-0.2, 0) is 19.6 Å². The first-order valence-electron chi connectivity index (χ1n) is 5.88. The predicted molar refractivity (Wildman–Crippen MR) is 67.4 cm³/mol. The van der Waals surface area contributed by atoms with Gasteiger partial charge in [0.15, 0.2) is 0 Å². The molecule has 0 atom stereocenters. The lowest BCUT2D eigenvalue weighted by atomic mass is 10.2. The maximum absolute atomic E-state index is 11.5. The van der Waals surface area contributed by atoms with Crippen molar-refractivity contribution in [2.75, 3.05) is 25.5 Å². The third kappa shape index (κ3) is 11.8. The fourth-order valence-electron chi connectivity index (χ4n) is 1.05. The molecule has 0 aliphatic rings. The van der Waals surface area contributed by atoms with Gasteiger partial charge in [-0.2, -0.15) is 0 Å². The third-order valence-corrected chi connectivity index (χ3v) is 3.55. The van der Waals surface area contributed by atoms with Crippen LogP contribution in [0.15, 0.2) is 0 Å². The Bertz CT molecular complexity index is 311. The van der Waals surface area contributed by atoms with E-state index in [9.17, 15) is 13.2 Å².